The van der Waals surface area contributed by atoms with Gasteiger partial charge in [0.15, 0.2) is 0 Å². The number of hydrogen-bond acceptors (Lipinski definition) is 2. The van der Waals surface area contributed by atoms with E-state index in [-0.39, 0.29) is 0 Å². The summed E-state index contributed by atoms with van der Waals surface area (Å²) in [4.78, 5) is 0. The molecule has 2 heterocycles. The molecule has 0 aromatic rings. The first-order valence-electron chi connectivity index (χ1n) is 4.62. The molecule has 2 fully saturated rings. The fourth-order valence-electron chi connectivity index (χ4n) is 2.36. The molecule has 0 aliphatic carbocycles. The Balaban J connectivity index is 2.07. The quantitative estimate of drug-likeness (QED) is 0.596. The van der Waals surface area contributed by atoms with Crippen LogP contribution in [0.4, 0.5) is 0 Å². The lowest BCUT2D eigenvalue weighted by molar-refractivity contribution is 0.208. The van der Waals surface area contributed by atoms with Crippen LogP contribution in [0.15, 0.2) is 0 Å². The van der Waals surface area contributed by atoms with Crippen LogP contribution in [0.5, 0.6) is 0 Å². The zero-order chi connectivity index (χ0) is 7.73. The lowest BCUT2D eigenvalue weighted by Gasteiger charge is -2.38. The van der Waals surface area contributed by atoms with E-state index in [9.17, 15) is 0 Å². The summed E-state index contributed by atoms with van der Waals surface area (Å²) in [6, 6.07) is 0. The van der Waals surface area contributed by atoms with Crippen molar-refractivity contribution in [3.63, 3.8) is 0 Å². The molecule has 1 spiro atoms. The lowest BCUT2D eigenvalue weighted by Crippen LogP contribution is -2.36. The molecule has 64 valence electrons. The predicted molar refractivity (Wildman–Crippen MR) is 51.0 cm³/mol. The minimum Gasteiger partial charge on any atom is -0.316 e. The van der Waals surface area contributed by atoms with E-state index in [1.165, 1.54) is 37.4 Å². The first-order chi connectivity index (χ1) is 5.33. The third-order valence-corrected chi connectivity index (χ3v) is 4.66. The van der Waals surface area contributed by atoms with Crippen molar-refractivity contribution in [2.45, 2.75) is 19.8 Å². The lowest BCUT2D eigenvalue weighted by atomic mass is 9.74. The van der Waals surface area contributed by atoms with E-state index in [1.54, 1.807) is 0 Å². The minimum atomic E-state index is 0.700. The van der Waals surface area contributed by atoms with E-state index in [2.05, 4.69) is 24.0 Å². The van der Waals surface area contributed by atoms with E-state index in [1.807, 2.05) is 0 Å². The van der Waals surface area contributed by atoms with Crippen LogP contribution in [-0.4, -0.2) is 24.6 Å². The van der Waals surface area contributed by atoms with Crippen molar-refractivity contribution in [3.8, 4) is 0 Å². The van der Waals surface area contributed by atoms with Crippen molar-refractivity contribution in [1.82, 2.24) is 5.32 Å². The van der Waals surface area contributed by atoms with Crippen molar-refractivity contribution in [2.75, 3.05) is 24.6 Å². The fourth-order valence-corrected chi connectivity index (χ4v) is 3.78. The maximum absolute atomic E-state index is 3.50. The minimum absolute atomic E-state index is 0.700. The molecule has 1 nitrogen and oxygen atoms in total. The molecule has 0 amide bonds. The van der Waals surface area contributed by atoms with E-state index < -0.39 is 0 Å². The zero-order valence-electron chi connectivity index (χ0n) is 7.23. The van der Waals surface area contributed by atoms with Gasteiger partial charge in [-0.1, -0.05) is 6.92 Å². The molecule has 2 rings (SSSR count). The predicted octanol–water partition coefficient (Wildman–Crippen LogP) is 1.74. The molecule has 0 aromatic carbocycles. The van der Waals surface area contributed by atoms with Crippen molar-refractivity contribution >= 4 is 11.8 Å². The average molecular weight is 171 g/mol. The zero-order valence-corrected chi connectivity index (χ0v) is 8.04. The Hall–Kier alpha value is 0.310. The van der Waals surface area contributed by atoms with Crippen LogP contribution in [-0.2, 0) is 0 Å². The highest BCUT2D eigenvalue weighted by molar-refractivity contribution is 7.99. The Bertz CT molecular complexity index is 140. The second-order valence-corrected chi connectivity index (χ2v) is 5.16. The van der Waals surface area contributed by atoms with Crippen LogP contribution in [0, 0.1) is 11.3 Å². The van der Waals surface area contributed by atoms with Crippen LogP contribution in [0.2, 0.25) is 0 Å². The highest BCUT2D eigenvalue weighted by Crippen LogP contribution is 2.43. The van der Waals surface area contributed by atoms with Gasteiger partial charge in [0.2, 0.25) is 0 Å². The van der Waals surface area contributed by atoms with Gasteiger partial charge in [0.25, 0.3) is 0 Å². The third kappa shape index (κ3) is 1.31. The molecule has 2 aliphatic heterocycles. The van der Waals surface area contributed by atoms with Crippen molar-refractivity contribution < 1.29 is 0 Å². The Kier molecular flexibility index (Phi) is 2.15. The number of nitrogens with one attached hydrogen (secondary N) is 1. The summed E-state index contributed by atoms with van der Waals surface area (Å²) in [5.41, 5.74) is 0.700. The smallest absolute Gasteiger partial charge is 0.00114 e. The van der Waals surface area contributed by atoms with Gasteiger partial charge >= 0.3 is 0 Å². The van der Waals surface area contributed by atoms with Gasteiger partial charge in [-0.15, -0.1) is 0 Å². The molecule has 0 aromatic heterocycles. The van der Waals surface area contributed by atoms with Gasteiger partial charge in [0.1, 0.15) is 0 Å². The molecule has 0 saturated carbocycles. The Labute approximate surface area is 73.3 Å². The summed E-state index contributed by atoms with van der Waals surface area (Å²) in [7, 11) is 0. The van der Waals surface area contributed by atoms with Crippen molar-refractivity contribution in [2.24, 2.45) is 11.3 Å². The second-order valence-electron chi connectivity index (χ2n) is 4.02. The normalized spacial score (nSPS) is 45.0. The van der Waals surface area contributed by atoms with Gasteiger partial charge in [0, 0.05) is 6.54 Å². The van der Waals surface area contributed by atoms with E-state index in [0.29, 0.717) is 5.41 Å². The number of thioether (sulfide) groups is 1. The van der Waals surface area contributed by atoms with Gasteiger partial charge in [0.05, 0.1) is 0 Å². The van der Waals surface area contributed by atoms with E-state index >= 15 is 0 Å². The topological polar surface area (TPSA) is 12.0 Å². The monoisotopic (exact) mass is 171 g/mol. The highest BCUT2D eigenvalue weighted by atomic mass is 32.2. The van der Waals surface area contributed by atoms with Crippen LogP contribution < -0.4 is 5.32 Å². The summed E-state index contributed by atoms with van der Waals surface area (Å²) in [5.74, 6) is 3.73. The third-order valence-electron chi connectivity index (χ3n) is 3.43. The van der Waals surface area contributed by atoms with Crippen LogP contribution in [0.3, 0.4) is 0 Å². The Morgan fingerprint density at radius 1 is 1.45 bits per heavy atom. The molecule has 2 heteroatoms. The van der Waals surface area contributed by atoms with Gasteiger partial charge in [-0.25, -0.2) is 0 Å². The molecule has 2 aliphatic rings. The molecule has 2 unspecified atom stereocenters. The average Bonchev–Trinajstić information content (AvgIpc) is 2.46. The molecular weight excluding hydrogens is 154 g/mol. The molecular formula is C9H17NS. The molecule has 0 radical (unpaired) electrons. The van der Waals surface area contributed by atoms with Crippen molar-refractivity contribution in [3.05, 3.63) is 0 Å². The molecule has 2 atom stereocenters. The summed E-state index contributed by atoms with van der Waals surface area (Å²) < 4.78 is 0. The van der Waals surface area contributed by atoms with Gasteiger partial charge < -0.3 is 5.32 Å². The van der Waals surface area contributed by atoms with Gasteiger partial charge in [-0.05, 0) is 42.2 Å². The van der Waals surface area contributed by atoms with Crippen molar-refractivity contribution in [1.29, 1.82) is 0 Å². The van der Waals surface area contributed by atoms with E-state index in [0.717, 1.165) is 5.92 Å². The molecule has 0 bridgehead atoms. The number of rotatable bonds is 0. The Morgan fingerprint density at radius 3 is 3.00 bits per heavy atom. The maximum Gasteiger partial charge on any atom is 0.00114 e. The number of hydrogen-bond donors (Lipinski definition) is 1. The summed E-state index contributed by atoms with van der Waals surface area (Å²) in [6.45, 7) is 4.98. The molecule has 2 saturated heterocycles. The summed E-state index contributed by atoms with van der Waals surface area (Å²) in [5, 5.41) is 3.50. The van der Waals surface area contributed by atoms with E-state index in [4.69, 9.17) is 0 Å². The standard InChI is InChI=1S/C9H17NS/c1-8-6-11-5-3-9(8)2-4-10-7-9/h8,10H,2-7H2,1H3. The summed E-state index contributed by atoms with van der Waals surface area (Å²) >= 11 is 2.14. The molecule has 11 heavy (non-hydrogen) atoms. The van der Waals surface area contributed by atoms with Crippen LogP contribution >= 0.6 is 11.8 Å². The van der Waals surface area contributed by atoms with Gasteiger partial charge in [-0.3, -0.25) is 0 Å². The van der Waals surface area contributed by atoms with Crippen LogP contribution in [0.1, 0.15) is 19.8 Å². The fraction of sp³-hybridized carbons (Fsp3) is 1.00. The molecule has 1 N–H and O–H groups in total. The van der Waals surface area contributed by atoms with Gasteiger partial charge in [-0.2, -0.15) is 11.8 Å². The second kappa shape index (κ2) is 2.98. The Morgan fingerprint density at radius 2 is 2.36 bits per heavy atom. The summed E-state index contributed by atoms with van der Waals surface area (Å²) in [6.07, 6.45) is 2.88. The first kappa shape index (κ1) is 7.93. The maximum atomic E-state index is 3.50. The highest BCUT2D eigenvalue weighted by Gasteiger charge is 2.40. The van der Waals surface area contributed by atoms with Crippen LogP contribution in [0.25, 0.3) is 0 Å². The largest absolute Gasteiger partial charge is 0.316 e. The first-order valence-corrected chi connectivity index (χ1v) is 5.77. The SMILES string of the molecule is CC1CSCCC12CCNC2.